The molecule has 0 aliphatic carbocycles. The van der Waals surface area contributed by atoms with Gasteiger partial charge in [-0.05, 0) is 32.4 Å². The average molecular weight is 456 g/mol. The quantitative estimate of drug-likeness (QED) is 0.327. The predicted molar refractivity (Wildman–Crippen MR) is 125 cm³/mol. The third-order valence-electron chi connectivity index (χ3n) is 4.38. The molecule has 0 bridgehead atoms. The van der Waals surface area contributed by atoms with Crippen LogP contribution in [0.2, 0.25) is 0 Å². The van der Waals surface area contributed by atoms with Crippen molar-refractivity contribution in [1.29, 1.82) is 0 Å². The molecular formula is C24H29N3O4S. The number of aromatic nitrogens is 3. The smallest absolute Gasteiger partial charge is 0.316 e. The number of para-hydroxylation sites is 1. The molecule has 0 saturated heterocycles. The first-order chi connectivity index (χ1) is 15.4. The van der Waals surface area contributed by atoms with Gasteiger partial charge in [-0.2, -0.15) is 0 Å². The van der Waals surface area contributed by atoms with E-state index in [1.165, 1.54) is 11.8 Å². The molecule has 1 heterocycles. The molecule has 1 aromatic heterocycles. The van der Waals surface area contributed by atoms with Crippen LogP contribution in [0.4, 0.5) is 0 Å². The van der Waals surface area contributed by atoms with Crippen LogP contribution in [-0.2, 0) is 27.4 Å². The zero-order valence-electron chi connectivity index (χ0n) is 18.9. The van der Waals surface area contributed by atoms with Crippen molar-refractivity contribution in [3.05, 3.63) is 60.4 Å². The maximum absolute atomic E-state index is 12.1. The Hall–Kier alpha value is -2.84. The van der Waals surface area contributed by atoms with Crippen LogP contribution in [-0.4, -0.2) is 45.8 Å². The van der Waals surface area contributed by atoms with Gasteiger partial charge in [0.15, 0.2) is 11.0 Å². The minimum atomic E-state index is -0.521. The summed E-state index contributed by atoms with van der Waals surface area (Å²) in [6, 6.07) is 18.0. The zero-order chi connectivity index (χ0) is 23.0. The first-order valence-corrected chi connectivity index (χ1v) is 11.4. The van der Waals surface area contributed by atoms with Crippen LogP contribution in [0, 0.1) is 0 Å². The Morgan fingerprint density at radius 3 is 2.47 bits per heavy atom. The second-order valence-electron chi connectivity index (χ2n) is 8.07. The van der Waals surface area contributed by atoms with Crippen molar-refractivity contribution in [2.45, 2.75) is 44.7 Å². The van der Waals surface area contributed by atoms with Crippen LogP contribution in [0.15, 0.2) is 59.8 Å². The highest BCUT2D eigenvalue weighted by Crippen LogP contribution is 2.30. The Labute approximate surface area is 193 Å². The maximum Gasteiger partial charge on any atom is 0.316 e. The lowest BCUT2D eigenvalue weighted by atomic mass is 10.1. The number of carbonyl (C=O) groups excluding carboxylic acids is 1. The minimum Gasteiger partial charge on any atom is -0.485 e. The van der Waals surface area contributed by atoms with E-state index in [0.29, 0.717) is 24.1 Å². The van der Waals surface area contributed by atoms with Gasteiger partial charge in [0, 0.05) is 19.2 Å². The van der Waals surface area contributed by atoms with Gasteiger partial charge in [0.05, 0.1) is 12.4 Å². The summed E-state index contributed by atoms with van der Waals surface area (Å²) in [7, 11) is 1.64. The van der Waals surface area contributed by atoms with Crippen molar-refractivity contribution in [2.24, 2.45) is 0 Å². The van der Waals surface area contributed by atoms with Crippen LogP contribution >= 0.6 is 11.8 Å². The Morgan fingerprint density at radius 1 is 1.03 bits per heavy atom. The molecule has 3 rings (SSSR count). The molecule has 0 fully saturated rings. The fourth-order valence-corrected chi connectivity index (χ4v) is 3.78. The van der Waals surface area contributed by atoms with E-state index in [4.69, 9.17) is 14.2 Å². The maximum atomic E-state index is 12.1. The van der Waals surface area contributed by atoms with Crippen molar-refractivity contribution in [2.75, 3.05) is 19.5 Å². The minimum absolute atomic E-state index is 0.153. The normalized spacial score (nSPS) is 11.4. The molecule has 32 heavy (non-hydrogen) atoms. The van der Waals surface area contributed by atoms with E-state index in [0.717, 1.165) is 16.9 Å². The molecule has 7 nitrogen and oxygen atoms in total. The Bertz CT molecular complexity index is 1020. The van der Waals surface area contributed by atoms with E-state index in [1.54, 1.807) is 7.11 Å². The molecule has 8 heteroatoms. The number of benzene rings is 2. The molecule has 0 N–H and O–H groups in total. The van der Waals surface area contributed by atoms with Crippen LogP contribution in [0.25, 0.3) is 11.1 Å². The predicted octanol–water partition coefficient (Wildman–Crippen LogP) is 4.60. The van der Waals surface area contributed by atoms with Gasteiger partial charge in [0.25, 0.3) is 0 Å². The van der Waals surface area contributed by atoms with E-state index in [2.05, 4.69) is 22.3 Å². The number of nitrogens with zero attached hydrogens (tertiary/aromatic N) is 3. The largest absolute Gasteiger partial charge is 0.485 e. The standard InChI is InChI=1S/C24H29N3O4S/c1-24(2,3)31-22(28)17-32-23-26-25-21(27(23)14-15-29-4)16-30-20-13-9-8-12-19(20)18-10-6-5-7-11-18/h5-13H,14-17H2,1-4H3. The van der Waals surface area contributed by atoms with Gasteiger partial charge in [-0.3, -0.25) is 4.79 Å². The number of ether oxygens (including phenoxy) is 3. The SMILES string of the molecule is COCCn1c(COc2ccccc2-c2ccccc2)nnc1SCC(=O)OC(C)(C)C. The molecular weight excluding hydrogens is 426 g/mol. The number of carbonyl (C=O) groups is 1. The average Bonchev–Trinajstić information content (AvgIpc) is 3.16. The van der Waals surface area contributed by atoms with Gasteiger partial charge in [-0.25, -0.2) is 0 Å². The number of hydrogen-bond acceptors (Lipinski definition) is 7. The van der Waals surface area contributed by atoms with Gasteiger partial charge < -0.3 is 18.8 Å². The molecule has 0 amide bonds. The van der Waals surface area contributed by atoms with Gasteiger partial charge in [-0.15, -0.1) is 10.2 Å². The lowest BCUT2D eigenvalue weighted by Crippen LogP contribution is -2.25. The van der Waals surface area contributed by atoms with E-state index < -0.39 is 5.60 Å². The Kier molecular flexibility index (Phi) is 8.30. The van der Waals surface area contributed by atoms with E-state index in [1.807, 2.05) is 67.8 Å². The molecule has 0 spiro atoms. The molecule has 0 aliphatic heterocycles. The van der Waals surface area contributed by atoms with Crippen molar-refractivity contribution < 1.29 is 19.0 Å². The highest BCUT2D eigenvalue weighted by atomic mass is 32.2. The third kappa shape index (κ3) is 6.83. The fraction of sp³-hybridized carbons (Fsp3) is 0.375. The molecule has 0 atom stereocenters. The summed E-state index contributed by atoms with van der Waals surface area (Å²) in [5, 5.41) is 9.19. The fourth-order valence-electron chi connectivity index (χ4n) is 3.03. The van der Waals surface area contributed by atoms with Gasteiger partial charge >= 0.3 is 5.97 Å². The Morgan fingerprint density at radius 2 is 1.75 bits per heavy atom. The van der Waals surface area contributed by atoms with Crippen LogP contribution < -0.4 is 4.74 Å². The highest BCUT2D eigenvalue weighted by Gasteiger charge is 2.19. The van der Waals surface area contributed by atoms with Crippen molar-refractivity contribution in [3.8, 4) is 16.9 Å². The summed E-state index contributed by atoms with van der Waals surface area (Å²) in [4.78, 5) is 12.1. The molecule has 3 aromatic rings. The van der Waals surface area contributed by atoms with E-state index in [9.17, 15) is 4.79 Å². The molecule has 0 unspecified atom stereocenters. The van der Waals surface area contributed by atoms with Gasteiger partial charge in [-0.1, -0.05) is 60.3 Å². The molecule has 0 radical (unpaired) electrons. The van der Waals surface area contributed by atoms with E-state index >= 15 is 0 Å². The van der Waals surface area contributed by atoms with Crippen molar-refractivity contribution in [1.82, 2.24) is 14.8 Å². The summed E-state index contributed by atoms with van der Waals surface area (Å²) in [6.45, 7) is 6.83. The number of thioether (sulfide) groups is 1. The van der Waals surface area contributed by atoms with Crippen molar-refractivity contribution >= 4 is 17.7 Å². The topological polar surface area (TPSA) is 75.5 Å². The summed E-state index contributed by atoms with van der Waals surface area (Å²) in [5.74, 6) is 1.29. The van der Waals surface area contributed by atoms with Crippen LogP contribution in [0.1, 0.15) is 26.6 Å². The van der Waals surface area contributed by atoms with Crippen molar-refractivity contribution in [3.63, 3.8) is 0 Å². The summed E-state index contributed by atoms with van der Waals surface area (Å²) < 4.78 is 18.7. The Balaban J connectivity index is 1.73. The summed E-state index contributed by atoms with van der Waals surface area (Å²) in [5.41, 5.74) is 1.57. The van der Waals surface area contributed by atoms with Crippen LogP contribution in [0.3, 0.4) is 0 Å². The third-order valence-corrected chi connectivity index (χ3v) is 5.32. The van der Waals surface area contributed by atoms with Crippen LogP contribution in [0.5, 0.6) is 5.75 Å². The summed E-state index contributed by atoms with van der Waals surface area (Å²) in [6.07, 6.45) is 0. The number of esters is 1. The first-order valence-electron chi connectivity index (χ1n) is 10.4. The molecule has 170 valence electrons. The molecule has 0 saturated carbocycles. The molecule has 0 aliphatic rings. The summed E-state index contributed by atoms with van der Waals surface area (Å²) >= 11 is 1.29. The number of rotatable bonds is 10. The lowest BCUT2D eigenvalue weighted by molar-refractivity contribution is -0.151. The van der Waals surface area contributed by atoms with Gasteiger partial charge in [0.2, 0.25) is 0 Å². The molecule has 2 aromatic carbocycles. The first kappa shape index (κ1) is 23.8. The van der Waals surface area contributed by atoms with E-state index in [-0.39, 0.29) is 18.3 Å². The lowest BCUT2D eigenvalue weighted by Gasteiger charge is -2.19. The monoisotopic (exact) mass is 455 g/mol. The second kappa shape index (κ2) is 11.2. The second-order valence-corrected chi connectivity index (χ2v) is 9.01. The number of hydrogen-bond donors (Lipinski definition) is 0. The number of methoxy groups -OCH3 is 1. The zero-order valence-corrected chi connectivity index (χ0v) is 19.7. The van der Waals surface area contributed by atoms with Gasteiger partial charge in [0.1, 0.15) is 18.0 Å². The highest BCUT2D eigenvalue weighted by molar-refractivity contribution is 7.99.